The summed E-state index contributed by atoms with van der Waals surface area (Å²) in [7, 11) is 0. The van der Waals surface area contributed by atoms with Gasteiger partial charge in [-0.2, -0.15) is 5.10 Å². The fraction of sp³-hybridized carbons (Fsp3) is 0.125. The quantitative estimate of drug-likeness (QED) is 0.441. The van der Waals surface area contributed by atoms with Crippen molar-refractivity contribution in [1.82, 2.24) is 29.5 Å². The standard InChI is InChI=1S/C24H19ClN6O2/c1-14(28-23(32)20-15(2)29-30-11-5-10-27-22(20)30)19-12-16-6-3-8-18(25)21(16)24(33)31(19)17-7-4-9-26-13-17/h3-14H,1-2H3,(H,28,32)/t14-/m0/s1. The Morgan fingerprint density at radius 1 is 1.15 bits per heavy atom. The van der Waals surface area contributed by atoms with Gasteiger partial charge in [0.25, 0.3) is 11.5 Å². The fourth-order valence-electron chi connectivity index (χ4n) is 4.02. The lowest BCUT2D eigenvalue weighted by atomic mass is 10.1. The first-order valence-corrected chi connectivity index (χ1v) is 10.7. The number of carbonyl (C=O) groups is 1. The molecule has 4 aromatic heterocycles. The van der Waals surface area contributed by atoms with Crippen molar-refractivity contribution in [3.63, 3.8) is 0 Å². The second-order valence-corrected chi connectivity index (χ2v) is 8.08. The molecule has 0 unspecified atom stereocenters. The number of carbonyl (C=O) groups excluding carboxylic acids is 1. The van der Waals surface area contributed by atoms with E-state index in [2.05, 4.69) is 20.4 Å². The molecule has 9 heteroatoms. The Bertz CT molecular complexity index is 1580. The summed E-state index contributed by atoms with van der Waals surface area (Å²) in [5.74, 6) is -0.329. The summed E-state index contributed by atoms with van der Waals surface area (Å²) in [6.45, 7) is 3.59. The average molecular weight is 459 g/mol. The van der Waals surface area contributed by atoms with E-state index >= 15 is 0 Å². The predicted molar refractivity (Wildman–Crippen MR) is 126 cm³/mol. The third-order valence-electron chi connectivity index (χ3n) is 5.52. The van der Waals surface area contributed by atoms with Crippen LogP contribution < -0.4 is 10.9 Å². The van der Waals surface area contributed by atoms with Crippen LogP contribution in [0.15, 0.2) is 72.0 Å². The van der Waals surface area contributed by atoms with E-state index in [9.17, 15) is 9.59 Å². The number of fused-ring (bicyclic) bond motifs is 2. The molecule has 0 bridgehead atoms. The third-order valence-corrected chi connectivity index (χ3v) is 5.83. The zero-order chi connectivity index (χ0) is 23.1. The number of aromatic nitrogens is 5. The van der Waals surface area contributed by atoms with Crippen LogP contribution in [0.3, 0.4) is 0 Å². The summed E-state index contributed by atoms with van der Waals surface area (Å²) in [6.07, 6.45) is 6.59. The Hall–Kier alpha value is -4.04. The van der Waals surface area contributed by atoms with Crippen LogP contribution in [0.2, 0.25) is 5.02 Å². The number of amides is 1. The molecule has 0 fully saturated rings. The van der Waals surface area contributed by atoms with E-state index in [1.54, 1.807) is 66.6 Å². The second-order valence-electron chi connectivity index (χ2n) is 7.67. The van der Waals surface area contributed by atoms with Gasteiger partial charge in [-0.25, -0.2) is 9.50 Å². The van der Waals surface area contributed by atoms with Gasteiger partial charge < -0.3 is 5.32 Å². The van der Waals surface area contributed by atoms with E-state index < -0.39 is 6.04 Å². The Kier molecular flexibility index (Phi) is 5.14. The van der Waals surface area contributed by atoms with Crippen LogP contribution in [-0.4, -0.2) is 30.1 Å². The molecule has 1 atom stereocenters. The number of benzene rings is 1. The molecule has 0 aliphatic carbocycles. The van der Waals surface area contributed by atoms with Crippen molar-refractivity contribution in [1.29, 1.82) is 0 Å². The number of aryl methyl sites for hydroxylation is 1. The number of hydrogen-bond donors (Lipinski definition) is 1. The SMILES string of the molecule is Cc1nn2cccnc2c1C(=O)N[C@@H](C)c1cc2cccc(Cl)c2c(=O)n1-c1cccnc1. The summed E-state index contributed by atoms with van der Waals surface area (Å²) in [4.78, 5) is 35.2. The van der Waals surface area contributed by atoms with Crippen LogP contribution in [-0.2, 0) is 0 Å². The van der Waals surface area contributed by atoms with E-state index in [4.69, 9.17) is 11.6 Å². The smallest absolute Gasteiger partial charge is 0.264 e. The Balaban J connectivity index is 1.64. The molecule has 1 aromatic carbocycles. The molecule has 8 nitrogen and oxygen atoms in total. The van der Waals surface area contributed by atoms with Gasteiger partial charge in [0.05, 0.1) is 34.0 Å². The van der Waals surface area contributed by atoms with Crippen LogP contribution in [0, 0.1) is 6.92 Å². The van der Waals surface area contributed by atoms with Gasteiger partial charge >= 0.3 is 0 Å². The Labute approximate surface area is 193 Å². The van der Waals surface area contributed by atoms with Gasteiger partial charge in [0.1, 0.15) is 5.56 Å². The van der Waals surface area contributed by atoms with Gasteiger partial charge in [-0.05, 0) is 49.6 Å². The number of pyridine rings is 2. The van der Waals surface area contributed by atoms with Gasteiger partial charge in [0.15, 0.2) is 5.65 Å². The van der Waals surface area contributed by atoms with Crippen LogP contribution >= 0.6 is 11.6 Å². The zero-order valence-electron chi connectivity index (χ0n) is 17.9. The average Bonchev–Trinajstić information content (AvgIpc) is 3.15. The first-order valence-electron chi connectivity index (χ1n) is 10.3. The van der Waals surface area contributed by atoms with Crippen LogP contribution in [0.5, 0.6) is 0 Å². The molecule has 5 rings (SSSR count). The normalized spacial score (nSPS) is 12.2. The molecule has 5 aromatic rings. The molecule has 0 saturated heterocycles. The summed E-state index contributed by atoms with van der Waals surface area (Å²) >= 11 is 6.36. The highest BCUT2D eigenvalue weighted by molar-refractivity contribution is 6.35. The van der Waals surface area contributed by atoms with Crippen molar-refractivity contribution in [3.05, 3.63) is 99.6 Å². The van der Waals surface area contributed by atoms with Crippen molar-refractivity contribution >= 4 is 33.9 Å². The number of nitrogens with zero attached hydrogens (tertiary/aromatic N) is 5. The molecule has 4 heterocycles. The van der Waals surface area contributed by atoms with Crippen molar-refractivity contribution in [2.45, 2.75) is 19.9 Å². The van der Waals surface area contributed by atoms with E-state index in [-0.39, 0.29) is 11.5 Å². The molecular formula is C24H19ClN6O2. The molecule has 0 saturated carbocycles. The first kappa shape index (κ1) is 20.8. The van der Waals surface area contributed by atoms with E-state index in [1.807, 2.05) is 19.1 Å². The molecule has 0 radical (unpaired) electrons. The molecule has 164 valence electrons. The van der Waals surface area contributed by atoms with Gasteiger partial charge in [0.2, 0.25) is 0 Å². The lowest BCUT2D eigenvalue weighted by Crippen LogP contribution is -2.32. The topological polar surface area (TPSA) is 94.2 Å². The largest absolute Gasteiger partial charge is 0.344 e. The highest BCUT2D eigenvalue weighted by Crippen LogP contribution is 2.25. The van der Waals surface area contributed by atoms with Gasteiger partial charge in [0, 0.05) is 24.3 Å². The lowest BCUT2D eigenvalue weighted by molar-refractivity contribution is 0.0939. The minimum atomic E-state index is -0.521. The highest BCUT2D eigenvalue weighted by Gasteiger charge is 2.23. The van der Waals surface area contributed by atoms with Gasteiger partial charge in [-0.15, -0.1) is 0 Å². The van der Waals surface area contributed by atoms with Gasteiger partial charge in [-0.3, -0.25) is 19.1 Å². The summed E-state index contributed by atoms with van der Waals surface area (Å²) in [6, 6.07) is 11.9. The maximum Gasteiger partial charge on any atom is 0.264 e. The van der Waals surface area contributed by atoms with Crippen molar-refractivity contribution in [3.8, 4) is 5.69 Å². The summed E-state index contributed by atoms with van der Waals surface area (Å²) in [5, 5.41) is 8.83. The number of rotatable bonds is 4. The van der Waals surface area contributed by atoms with E-state index in [0.29, 0.717) is 44.1 Å². The van der Waals surface area contributed by atoms with Crippen molar-refractivity contribution in [2.24, 2.45) is 0 Å². The second kappa shape index (κ2) is 8.14. The first-order chi connectivity index (χ1) is 16.0. The van der Waals surface area contributed by atoms with Crippen LogP contribution in [0.1, 0.15) is 34.7 Å². The minimum Gasteiger partial charge on any atom is -0.344 e. The zero-order valence-corrected chi connectivity index (χ0v) is 18.6. The summed E-state index contributed by atoms with van der Waals surface area (Å²) < 4.78 is 3.10. The molecule has 0 aliphatic heterocycles. The molecule has 33 heavy (non-hydrogen) atoms. The maximum atomic E-state index is 13.5. The van der Waals surface area contributed by atoms with Crippen LogP contribution in [0.4, 0.5) is 0 Å². The number of hydrogen-bond acceptors (Lipinski definition) is 5. The fourth-order valence-corrected chi connectivity index (χ4v) is 4.28. The maximum absolute atomic E-state index is 13.5. The molecule has 1 amide bonds. The van der Waals surface area contributed by atoms with E-state index in [1.165, 1.54) is 4.57 Å². The Morgan fingerprint density at radius 3 is 2.79 bits per heavy atom. The highest BCUT2D eigenvalue weighted by atomic mass is 35.5. The molecular weight excluding hydrogens is 440 g/mol. The summed E-state index contributed by atoms with van der Waals surface area (Å²) in [5.41, 5.74) is 2.31. The Morgan fingerprint density at radius 2 is 2.00 bits per heavy atom. The molecule has 0 spiro atoms. The molecule has 0 aliphatic rings. The van der Waals surface area contributed by atoms with Crippen molar-refractivity contribution in [2.75, 3.05) is 0 Å². The lowest BCUT2D eigenvalue weighted by Gasteiger charge is -2.21. The van der Waals surface area contributed by atoms with Crippen molar-refractivity contribution < 1.29 is 4.79 Å². The van der Waals surface area contributed by atoms with E-state index in [0.717, 1.165) is 0 Å². The predicted octanol–water partition coefficient (Wildman–Crippen LogP) is 3.88. The van der Waals surface area contributed by atoms with Gasteiger partial charge in [-0.1, -0.05) is 23.7 Å². The number of nitrogens with one attached hydrogen (secondary N) is 1. The number of halogens is 1. The minimum absolute atomic E-state index is 0.281. The monoisotopic (exact) mass is 458 g/mol. The molecule has 1 N–H and O–H groups in total. The van der Waals surface area contributed by atoms with Crippen LogP contribution in [0.25, 0.3) is 22.1 Å². The third kappa shape index (κ3) is 3.54.